The van der Waals surface area contributed by atoms with Gasteiger partial charge in [0.05, 0.1) is 31.1 Å². The lowest BCUT2D eigenvalue weighted by Gasteiger charge is -2.16. The Balaban J connectivity index is 2.41. The van der Waals surface area contributed by atoms with E-state index < -0.39 is 0 Å². The maximum Gasteiger partial charge on any atom is 0.278 e. The molecule has 1 heterocycles. The van der Waals surface area contributed by atoms with Gasteiger partial charge in [-0.25, -0.2) is 0 Å². The molecule has 7 nitrogen and oxygen atoms in total. The largest absolute Gasteiger partial charge is 0.490 e. The number of rotatable bonds is 9. The third-order valence-corrected chi connectivity index (χ3v) is 3.85. The fourth-order valence-electron chi connectivity index (χ4n) is 2.06. The van der Waals surface area contributed by atoms with Crippen LogP contribution in [0.25, 0.3) is 11.5 Å². The van der Waals surface area contributed by atoms with E-state index in [0.717, 1.165) is 0 Å². The SMILES string of the molecule is CCOc1cc(-c2nnc(S[C@H](C)C#N)o2)cc(OCC)c1OCC. The summed E-state index contributed by atoms with van der Waals surface area (Å²) in [5.74, 6) is 2.01. The molecule has 8 heteroatoms. The van der Waals surface area contributed by atoms with Gasteiger partial charge in [-0.1, -0.05) is 0 Å². The summed E-state index contributed by atoms with van der Waals surface area (Å²) in [6.07, 6.45) is 0. The number of nitrogens with zero attached hydrogens (tertiary/aromatic N) is 3. The molecule has 0 amide bonds. The van der Waals surface area contributed by atoms with E-state index in [4.69, 9.17) is 23.9 Å². The molecular weight excluding hydrogens is 342 g/mol. The van der Waals surface area contributed by atoms with Crippen LogP contribution in [0.2, 0.25) is 0 Å². The van der Waals surface area contributed by atoms with Crippen LogP contribution in [0.15, 0.2) is 21.8 Å². The molecule has 1 aromatic carbocycles. The van der Waals surface area contributed by atoms with E-state index in [0.29, 0.717) is 53.7 Å². The first-order chi connectivity index (χ1) is 12.1. The number of hydrogen-bond acceptors (Lipinski definition) is 8. The highest BCUT2D eigenvalue weighted by molar-refractivity contribution is 7.99. The number of ether oxygens (including phenoxy) is 3. The Morgan fingerprint density at radius 2 is 1.68 bits per heavy atom. The molecule has 0 aliphatic rings. The van der Waals surface area contributed by atoms with E-state index in [-0.39, 0.29) is 5.25 Å². The molecule has 0 aliphatic carbocycles. The molecule has 0 bridgehead atoms. The number of hydrogen-bond donors (Lipinski definition) is 0. The van der Waals surface area contributed by atoms with Gasteiger partial charge in [-0.2, -0.15) is 5.26 Å². The van der Waals surface area contributed by atoms with Crippen LogP contribution in [0.3, 0.4) is 0 Å². The average molecular weight is 363 g/mol. The van der Waals surface area contributed by atoms with Gasteiger partial charge in [0.2, 0.25) is 11.6 Å². The van der Waals surface area contributed by atoms with Gasteiger partial charge in [0.1, 0.15) is 0 Å². The van der Waals surface area contributed by atoms with Crippen molar-refractivity contribution in [3.63, 3.8) is 0 Å². The lowest BCUT2D eigenvalue weighted by molar-refractivity contribution is 0.261. The van der Waals surface area contributed by atoms with Crippen LogP contribution in [-0.2, 0) is 0 Å². The molecule has 1 aromatic heterocycles. The highest BCUT2D eigenvalue weighted by atomic mass is 32.2. The second-order valence-electron chi connectivity index (χ2n) is 4.86. The highest BCUT2D eigenvalue weighted by Gasteiger charge is 2.19. The zero-order valence-corrected chi connectivity index (χ0v) is 15.6. The van der Waals surface area contributed by atoms with Gasteiger partial charge >= 0.3 is 0 Å². The van der Waals surface area contributed by atoms with Crippen LogP contribution >= 0.6 is 11.8 Å². The molecule has 2 aromatic rings. The Bertz CT molecular complexity index is 715. The van der Waals surface area contributed by atoms with Crippen LogP contribution in [0.5, 0.6) is 17.2 Å². The highest BCUT2D eigenvalue weighted by Crippen LogP contribution is 2.42. The summed E-state index contributed by atoms with van der Waals surface area (Å²) in [5, 5.41) is 17.0. The quantitative estimate of drug-likeness (QED) is 0.619. The van der Waals surface area contributed by atoms with Gasteiger partial charge in [0, 0.05) is 5.56 Å². The molecule has 0 saturated carbocycles. The summed E-state index contributed by atoms with van der Waals surface area (Å²) in [7, 11) is 0. The predicted octanol–water partition coefficient (Wildman–Crippen LogP) is 3.94. The summed E-state index contributed by atoms with van der Waals surface area (Å²) < 4.78 is 22.7. The van der Waals surface area contributed by atoms with Crippen molar-refractivity contribution in [2.24, 2.45) is 0 Å². The molecule has 0 fully saturated rings. The average Bonchev–Trinajstić information content (AvgIpc) is 3.06. The Morgan fingerprint density at radius 3 is 2.20 bits per heavy atom. The molecule has 1 atom stereocenters. The fraction of sp³-hybridized carbons (Fsp3) is 0.471. The summed E-state index contributed by atoms with van der Waals surface area (Å²) in [4.78, 5) is 0. The van der Waals surface area contributed by atoms with Crippen LogP contribution in [0.1, 0.15) is 27.7 Å². The van der Waals surface area contributed by atoms with Crippen LogP contribution in [0, 0.1) is 11.3 Å². The zero-order valence-electron chi connectivity index (χ0n) is 14.7. The van der Waals surface area contributed by atoms with Crippen molar-refractivity contribution in [2.45, 2.75) is 38.2 Å². The van der Waals surface area contributed by atoms with E-state index in [1.807, 2.05) is 20.8 Å². The van der Waals surface area contributed by atoms with Crippen molar-refractivity contribution < 1.29 is 18.6 Å². The summed E-state index contributed by atoms with van der Waals surface area (Å²) in [6, 6.07) is 5.68. The second kappa shape index (κ2) is 9.18. The van der Waals surface area contributed by atoms with Crippen LogP contribution in [-0.4, -0.2) is 35.3 Å². The smallest absolute Gasteiger partial charge is 0.278 e. The number of nitriles is 1. The van der Waals surface area contributed by atoms with Gasteiger partial charge in [0.25, 0.3) is 5.22 Å². The Morgan fingerprint density at radius 1 is 1.08 bits per heavy atom. The molecular formula is C17H21N3O4S. The molecule has 0 spiro atoms. The van der Waals surface area contributed by atoms with Gasteiger partial charge in [-0.3, -0.25) is 0 Å². The molecule has 0 radical (unpaired) electrons. The van der Waals surface area contributed by atoms with Crippen molar-refractivity contribution in [1.82, 2.24) is 10.2 Å². The first kappa shape index (κ1) is 18.9. The maximum atomic E-state index is 8.88. The third kappa shape index (κ3) is 4.79. The van der Waals surface area contributed by atoms with Crippen molar-refractivity contribution in [3.8, 4) is 34.8 Å². The molecule has 0 aliphatic heterocycles. The normalized spacial score (nSPS) is 11.6. The first-order valence-corrected chi connectivity index (χ1v) is 8.97. The van der Waals surface area contributed by atoms with E-state index >= 15 is 0 Å². The van der Waals surface area contributed by atoms with Crippen molar-refractivity contribution >= 4 is 11.8 Å². The van der Waals surface area contributed by atoms with Crippen LogP contribution in [0.4, 0.5) is 0 Å². The predicted molar refractivity (Wildman–Crippen MR) is 94.2 cm³/mol. The fourth-order valence-corrected chi connectivity index (χ4v) is 2.63. The number of thioether (sulfide) groups is 1. The van der Waals surface area contributed by atoms with Gasteiger partial charge in [-0.15, -0.1) is 10.2 Å². The minimum atomic E-state index is -0.272. The minimum Gasteiger partial charge on any atom is -0.490 e. The van der Waals surface area contributed by atoms with Crippen molar-refractivity contribution in [2.75, 3.05) is 19.8 Å². The number of aromatic nitrogens is 2. The van der Waals surface area contributed by atoms with Gasteiger partial charge < -0.3 is 18.6 Å². The van der Waals surface area contributed by atoms with E-state index in [1.54, 1.807) is 19.1 Å². The topological polar surface area (TPSA) is 90.4 Å². The second-order valence-corrected chi connectivity index (χ2v) is 6.16. The third-order valence-electron chi connectivity index (χ3n) is 3.02. The monoisotopic (exact) mass is 363 g/mol. The van der Waals surface area contributed by atoms with Gasteiger partial charge in [-0.05, 0) is 51.6 Å². The minimum absolute atomic E-state index is 0.272. The Labute approximate surface area is 151 Å². The maximum absolute atomic E-state index is 8.88. The molecule has 25 heavy (non-hydrogen) atoms. The molecule has 0 N–H and O–H groups in total. The lowest BCUT2D eigenvalue weighted by Crippen LogP contribution is -2.03. The summed E-state index contributed by atoms with van der Waals surface area (Å²) >= 11 is 1.21. The van der Waals surface area contributed by atoms with Crippen molar-refractivity contribution in [3.05, 3.63) is 12.1 Å². The molecule has 2 rings (SSSR count). The zero-order chi connectivity index (χ0) is 18.2. The van der Waals surface area contributed by atoms with Crippen LogP contribution < -0.4 is 14.2 Å². The summed E-state index contributed by atoms with van der Waals surface area (Å²) in [5.41, 5.74) is 0.666. The Hall–Kier alpha value is -2.40. The molecule has 0 unspecified atom stereocenters. The lowest BCUT2D eigenvalue weighted by atomic mass is 10.2. The summed E-state index contributed by atoms with van der Waals surface area (Å²) in [6.45, 7) is 8.93. The molecule has 0 saturated heterocycles. The first-order valence-electron chi connectivity index (χ1n) is 8.09. The standard InChI is InChI=1S/C17H21N3O4S/c1-5-21-13-8-12(9-14(22-6-2)15(13)23-7-3)16-19-20-17(24-16)25-11(4)10-18/h8-9,11H,5-7H2,1-4H3/t11-/m1/s1. The van der Waals surface area contributed by atoms with E-state index in [2.05, 4.69) is 16.3 Å². The van der Waals surface area contributed by atoms with Crippen molar-refractivity contribution in [1.29, 1.82) is 5.26 Å². The van der Waals surface area contributed by atoms with E-state index in [9.17, 15) is 0 Å². The van der Waals surface area contributed by atoms with E-state index in [1.165, 1.54) is 11.8 Å². The molecule has 134 valence electrons. The van der Waals surface area contributed by atoms with Gasteiger partial charge in [0.15, 0.2) is 11.5 Å². The Kier molecular flexibility index (Phi) is 6.95. The number of benzene rings is 1.